The molecule has 15 heavy (non-hydrogen) atoms. The average Bonchev–Trinajstić information content (AvgIpc) is 2.30. The van der Waals surface area contributed by atoms with Crippen LogP contribution in [0.4, 0.5) is 5.69 Å². The molecule has 0 N–H and O–H groups in total. The predicted octanol–water partition coefficient (Wildman–Crippen LogP) is 0.921. The fourth-order valence-corrected chi connectivity index (χ4v) is 1.53. The van der Waals surface area contributed by atoms with Crippen molar-refractivity contribution in [2.24, 2.45) is 0 Å². The molecule has 1 amide bonds. The second-order valence-electron chi connectivity index (χ2n) is 3.26. The van der Waals surface area contributed by atoms with Gasteiger partial charge < -0.3 is 9.64 Å². The minimum Gasteiger partial charge on any atom is -0.370 e. The number of nitriles is 1. The second-order valence-corrected chi connectivity index (χ2v) is 3.26. The van der Waals surface area contributed by atoms with Crippen molar-refractivity contribution in [3.8, 4) is 6.07 Å². The Labute approximate surface area is 87.7 Å². The molecule has 1 heterocycles. The quantitative estimate of drug-likeness (QED) is 0.680. The van der Waals surface area contributed by atoms with E-state index in [0.717, 1.165) is 5.69 Å². The summed E-state index contributed by atoms with van der Waals surface area (Å²) in [5.74, 6) is -0.0589. The van der Waals surface area contributed by atoms with Gasteiger partial charge in [-0.25, -0.2) is 0 Å². The van der Waals surface area contributed by atoms with Gasteiger partial charge >= 0.3 is 0 Å². The van der Waals surface area contributed by atoms with Crippen molar-refractivity contribution in [2.75, 3.05) is 24.7 Å². The van der Waals surface area contributed by atoms with Crippen LogP contribution in [0.3, 0.4) is 0 Å². The molecule has 2 rings (SSSR count). The maximum Gasteiger partial charge on any atom is 0.253 e. The lowest BCUT2D eigenvalue weighted by molar-refractivity contribution is -0.125. The normalized spacial score (nSPS) is 16.2. The molecular weight excluding hydrogens is 192 g/mol. The van der Waals surface area contributed by atoms with E-state index in [0.29, 0.717) is 18.7 Å². The summed E-state index contributed by atoms with van der Waals surface area (Å²) in [5.41, 5.74) is 1.33. The zero-order valence-corrected chi connectivity index (χ0v) is 8.14. The highest BCUT2D eigenvalue weighted by Crippen LogP contribution is 2.17. The summed E-state index contributed by atoms with van der Waals surface area (Å²) < 4.78 is 5.03. The number of anilines is 1. The minimum absolute atomic E-state index is 0.0589. The van der Waals surface area contributed by atoms with Crippen molar-refractivity contribution in [2.45, 2.75) is 0 Å². The van der Waals surface area contributed by atoms with Gasteiger partial charge in [-0.3, -0.25) is 4.79 Å². The number of nitrogens with zero attached hydrogens (tertiary/aromatic N) is 2. The van der Waals surface area contributed by atoms with E-state index >= 15 is 0 Å². The summed E-state index contributed by atoms with van der Waals surface area (Å²) in [6, 6.07) is 9.08. The van der Waals surface area contributed by atoms with Crippen molar-refractivity contribution < 1.29 is 9.53 Å². The van der Waals surface area contributed by atoms with Crippen LogP contribution in [-0.4, -0.2) is 25.7 Å². The zero-order chi connectivity index (χ0) is 10.7. The molecule has 1 saturated heterocycles. The van der Waals surface area contributed by atoms with Crippen molar-refractivity contribution in [1.29, 1.82) is 5.26 Å². The molecule has 1 aromatic carbocycles. The van der Waals surface area contributed by atoms with E-state index in [4.69, 9.17) is 10.00 Å². The molecule has 4 heteroatoms. The Bertz CT molecular complexity index is 423. The molecule has 0 saturated carbocycles. The van der Waals surface area contributed by atoms with Crippen molar-refractivity contribution >= 4 is 11.6 Å². The highest BCUT2D eigenvalue weighted by Gasteiger charge is 2.19. The third-order valence-corrected chi connectivity index (χ3v) is 2.27. The number of carbonyl (C=O) groups is 1. The SMILES string of the molecule is N#Cc1cccc(N2CCOCC2=O)c1. The van der Waals surface area contributed by atoms with E-state index in [1.165, 1.54) is 0 Å². The van der Waals surface area contributed by atoms with E-state index < -0.39 is 0 Å². The molecule has 1 aliphatic rings. The first kappa shape index (κ1) is 9.69. The van der Waals surface area contributed by atoms with Crippen LogP contribution < -0.4 is 4.90 Å². The number of morpholine rings is 1. The molecule has 0 bridgehead atoms. The lowest BCUT2D eigenvalue weighted by atomic mass is 10.2. The summed E-state index contributed by atoms with van der Waals surface area (Å²) in [6.45, 7) is 1.22. The molecule has 0 atom stereocenters. The minimum atomic E-state index is -0.0589. The summed E-state index contributed by atoms with van der Waals surface area (Å²) in [7, 11) is 0. The molecule has 1 aromatic rings. The Morgan fingerprint density at radius 2 is 2.33 bits per heavy atom. The summed E-state index contributed by atoms with van der Waals surface area (Å²) in [6.07, 6.45) is 0. The van der Waals surface area contributed by atoms with Crippen molar-refractivity contribution in [3.05, 3.63) is 29.8 Å². The monoisotopic (exact) mass is 202 g/mol. The standard InChI is InChI=1S/C11H10N2O2/c12-7-9-2-1-3-10(6-9)13-4-5-15-8-11(13)14/h1-3,6H,4-5,8H2. The van der Waals surface area contributed by atoms with Crippen LogP contribution >= 0.6 is 0 Å². The van der Waals surface area contributed by atoms with Crippen LogP contribution in [0.15, 0.2) is 24.3 Å². The molecule has 76 valence electrons. The first-order valence-corrected chi connectivity index (χ1v) is 4.69. The molecule has 0 aromatic heterocycles. The van der Waals surface area contributed by atoms with Crippen LogP contribution in [0.2, 0.25) is 0 Å². The number of benzene rings is 1. The number of rotatable bonds is 1. The van der Waals surface area contributed by atoms with Crippen molar-refractivity contribution in [3.63, 3.8) is 0 Å². The van der Waals surface area contributed by atoms with Crippen LogP contribution in [0.5, 0.6) is 0 Å². The third-order valence-electron chi connectivity index (χ3n) is 2.27. The summed E-state index contributed by atoms with van der Waals surface area (Å²) in [4.78, 5) is 13.2. The van der Waals surface area contributed by atoms with E-state index in [1.807, 2.05) is 6.07 Å². The van der Waals surface area contributed by atoms with Crippen LogP contribution in [0.1, 0.15) is 5.56 Å². The van der Waals surface area contributed by atoms with Gasteiger partial charge in [-0.1, -0.05) is 6.07 Å². The first-order valence-electron chi connectivity index (χ1n) is 4.69. The van der Waals surface area contributed by atoms with Crippen LogP contribution in [0.25, 0.3) is 0 Å². The van der Waals surface area contributed by atoms with Crippen LogP contribution in [-0.2, 0) is 9.53 Å². The Balaban J connectivity index is 2.28. The van der Waals surface area contributed by atoms with E-state index in [1.54, 1.807) is 23.1 Å². The second kappa shape index (κ2) is 4.11. The average molecular weight is 202 g/mol. The Kier molecular flexibility index (Phi) is 2.66. The smallest absolute Gasteiger partial charge is 0.253 e. The molecule has 4 nitrogen and oxygen atoms in total. The highest BCUT2D eigenvalue weighted by atomic mass is 16.5. The fraction of sp³-hybridized carbons (Fsp3) is 0.273. The van der Waals surface area contributed by atoms with Gasteiger partial charge in [0.05, 0.1) is 18.2 Å². The maximum absolute atomic E-state index is 11.5. The Morgan fingerprint density at radius 3 is 3.07 bits per heavy atom. The number of hydrogen-bond donors (Lipinski definition) is 0. The zero-order valence-electron chi connectivity index (χ0n) is 8.14. The molecule has 0 unspecified atom stereocenters. The van der Waals surface area contributed by atoms with Gasteiger partial charge in [0.15, 0.2) is 0 Å². The number of carbonyl (C=O) groups excluding carboxylic acids is 1. The number of amides is 1. The summed E-state index contributed by atoms with van der Waals surface area (Å²) >= 11 is 0. The first-order chi connectivity index (χ1) is 7.31. The van der Waals surface area contributed by atoms with Gasteiger partial charge in [-0.15, -0.1) is 0 Å². The largest absolute Gasteiger partial charge is 0.370 e. The van der Waals surface area contributed by atoms with Crippen LogP contribution in [0, 0.1) is 11.3 Å². The van der Waals surface area contributed by atoms with E-state index in [2.05, 4.69) is 6.07 Å². The summed E-state index contributed by atoms with van der Waals surface area (Å²) in [5, 5.41) is 8.75. The molecule has 1 aliphatic heterocycles. The third kappa shape index (κ3) is 1.97. The van der Waals surface area contributed by atoms with Gasteiger partial charge in [-0.05, 0) is 18.2 Å². The van der Waals surface area contributed by atoms with Gasteiger partial charge in [0.25, 0.3) is 5.91 Å². The molecule has 0 spiro atoms. The molecular formula is C11H10N2O2. The van der Waals surface area contributed by atoms with Gasteiger partial charge in [0, 0.05) is 12.2 Å². The molecule has 0 aliphatic carbocycles. The van der Waals surface area contributed by atoms with E-state index in [-0.39, 0.29) is 12.5 Å². The number of ether oxygens (including phenoxy) is 1. The van der Waals surface area contributed by atoms with Gasteiger partial charge in [-0.2, -0.15) is 5.26 Å². The maximum atomic E-state index is 11.5. The molecule has 0 radical (unpaired) electrons. The highest BCUT2D eigenvalue weighted by molar-refractivity contribution is 5.94. The van der Waals surface area contributed by atoms with E-state index in [9.17, 15) is 4.79 Å². The topological polar surface area (TPSA) is 53.3 Å². The lowest BCUT2D eigenvalue weighted by Crippen LogP contribution is -2.41. The predicted molar refractivity (Wildman–Crippen MR) is 54.3 cm³/mol. The van der Waals surface area contributed by atoms with Gasteiger partial charge in [0.2, 0.25) is 0 Å². The lowest BCUT2D eigenvalue weighted by Gasteiger charge is -2.26. The molecule has 1 fully saturated rings. The Morgan fingerprint density at radius 1 is 1.47 bits per heavy atom. The number of hydrogen-bond acceptors (Lipinski definition) is 3. The fourth-order valence-electron chi connectivity index (χ4n) is 1.53. The van der Waals surface area contributed by atoms with Crippen molar-refractivity contribution in [1.82, 2.24) is 0 Å². The Hall–Kier alpha value is -1.86. The van der Waals surface area contributed by atoms with Gasteiger partial charge in [0.1, 0.15) is 6.61 Å².